The number of benzene rings is 2. The summed E-state index contributed by atoms with van der Waals surface area (Å²) in [5, 5.41) is 3.26. The minimum atomic E-state index is -0.553. The summed E-state index contributed by atoms with van der Waals surface area (Å²) in [5.41, 5.74) is 7.98. The van der Waals surface area contributed by atoms with E-state index in [4.69, 9.17) is 15.0 Å². The number of hydrogen-bond acceptors (Lipinski definition) is 5. The number of hydrogen-bond donors (Lipinski definition) is 2. The number of nitrogens with two attached hydrogens (primary N) is 1. The van der Waals surface area contributed by atoms with Gasteiger partial charge in [0.05, 0.1) is 17.6 Å². The first kappa shape index (κ1) is 32.9. The Morgan fingerprint density at radius 3 is 2.59 bits per heavy atom. The third-order valence-electron chi connectivity index (χ3n) is 10.9. The van der Waals surface area contributed by atoms with Crippen LogP contribution in [0.2, 0.25) is 0 Å². The van der Waals surface area contributed by atoms with Crippen molar-refractivity contribution in [3.8, 4) is 0 Å². The van der Waals surface area contributed by atoms with E-state index < -0.39 is 13.2 Å². The number of nitrogens with zero attached hydrogens (tertiary/aromatic N) is 1. The smallest absolute Gasteiger partial charge is 0.404 e. The van der Waals surface area contributed by atoms with Gasteiger partial charge in [-0.05, 0) is 111 Å². The molecule has 2 aromatic carbocycles. The SMILES string of the molecule is CC1(C)[C@@H]2C[C@H]3OB([C@H](CCCCN)NC(=O)[C@@H]4CCCN4C(=O)c4cccc(Cc5cccc(F)c5)c4)O[C@@]3(C)[C@H]1C2.Cl. The molecule has 3 N–H and O–H groups in total. The van der Waals surface area contributed by atoms with Gasteiger partial charge in [-0.3, -0.25) is 9.59 Å². The van der Waals surface area contributed by atoms with Gasteiger partial charge in [0.1, 0.15) is 11.9 Å². The number of rotatable bonds is 10. The van der Waals surface area contributed by atoms with Gasteiger partial charge < -0.3 is 25.3 Å². The molecule has 5 aliphatic rings. The molecule has 0 spiro atoms. The van der Waals surface area contributed by atoms with E-state index in [0.717, 1.165) is 36.8 Å². The monoisotopic (exact) mass is 625 g/mol. The molecule has 0 aromatic heterocycles. The number of unbranched alkanes of at least 4 members (excludes halogenated alkanes) is 1. The standard InChI is InChI=1S/C34H45BFN3O4.ClH/c1-33(2)25-20-28(33)34(3)29(21-25)42-35(43-34)30(14-4-5-15-37)38-31(40)27-13-8-16-39(27)32(41)24-11-6-9-22(18-24)17-23-10-7-12-26(36)19-23;/h6-7,9-12,18-19,25,27-30H,4-5,8,13-17,20-21,37H2,1-3H3,(H,38,40);1H/t25-,27-,28-,29+,30-,34-;/m0./s1. The molecule has 0 unspecified atom stereocenters. The lowest BCUT2D eigenvalue weighted by atomic mass is 9.43. The number of carbonyl (C=O) groups excluding carboxylic acids is 2. The summed E-state index contributed by atoms with van der Waals surface area (Å²) < 4.78 is 27.0. The van der Waals surface area contributed by atoms with Crippen molar-refractivity contribution in [3.63, 3.8) is 0 Å². The van der Waals surface area contributed by atoms with Crippen LogP contribution < -0.4 is 11.1 Å². The Bertz CT molecular complexity index is 1360. The Balaban J connectivity index is 0.00000384. The summed E-state index contributed by atoms with van der Waals surface area (Å²) in [7, 11) is -0.517. The highest BCUT2D eigenvalue weighted by molar-refractivity contribution is 6.47. The molecule has 3 saturated carbocycles. The molecule has 2 aliphatic heterocycles. The topological polar surface area (TPSA) is 93.9 Å². The Kier molecular flexibility index (Phi) is 9.81. The molecule has 2 saturated heterocycles. The fraction of sp³-hybridized carbons (Fsp3) is 0.588. The van der Waals surface area contributed by atoms with Crippen molar-refractivity contribution in [2.75, 3.05) is 13.1 Å². The van der Waals surface area contributed by atoms with E-state index >= 15 is 0 Å². The Morgan fingerprint density at radius 2 is 1.86 bits per heavy atom. The van der Waals surface area contributed by atoms with Crippen LogP contribution >= 0.6 is 12.4 Å². The first-order valence-electron chi connectivity index (χ1n) is 16.1. The molecule has 2 bridgehead atoms. The summed E-state index contributed by atoms with van der Waals surface area (Å²) in [6, 6.07) is 13.4. The van der Waals surface area contributed by atoms with Crippen LogP contribution in [0.5, 0.6) is 0 Å². The van der Waals surface area contributed by atoms with Crippen LogP contribution in [0, 0.1) is 23.1 Å². The van der Waals surface area contributed by atoms with E-state index in [1.165, 1.54) is 18.6 Å². The Hall–Kier alpha value is -2.46. The van der Waals surface area contributed by atoms with E-state index in [1.807, 2.05) is 24.3 Å². The van der Waals surface area contributed by atoms with Gasteiger partial charge in [-0.25, -0.2) is 4.39 Å². The number of nitrogens with one attached hydrogen (secondary N) is 1. The predicted octanol–water partition coefficient (Wildman–Crippen LogP) is 5.32. The van der Waals surface area contributed by atoms with Gasteiger partial charge in [0.15, 0.2) is 0 Å². The van der Waals surface area contributed by atoms with Crippen LogP contribution in [0.3, 0.4) is 0 Å². The zero-order valence-electron chi connectivity index (χ0n) is 26.1. The number of halogens is 2. The highest BCUT2D eigenvalue weighted by Crippen LogP contribution is 2.65. The van der Waals surface area contributed by atoms with Crippen molar-refractivity contribution in [3.05, 3.63) is 71.0 Å². The molecule has 7 nitrogen and oxygen atoms in total. The Labute approximate surface area is 267 Å². The number of amides is 2. The maximum absolute atomic E-state index is 13.8. The van der Waals surface area contributed by atoms with Crippen molar-refractivity contribution in [1.29, 1.82) is 0 Å². The van der Waals surface area contributed by atoms with Crippen molar-refractivity contribution in [2.45, 2.75) is 95.8 Å². The van der Waals surface area contributed by atoms with Crippen molar-refractivity contribution in [1.82, 2.24) is 10.2 Å². The molecular formula is C34H46BClFN3O4. The lowest BCUT2D eigenvalue weighted by Crippen LogP contribution is -2.65. The van der Waals surface area contributed by atoms with Gasteiger partial charge in [0.25, 0.3) is 5.91 Å². The summed E-state index contributed by atoms with van der Waals surface area (Å²) in [4.78, 5) is 29.2. The third kappa shape index (κ3) is 6.17. The maximum atomic E-state index is 13.8. The molecule has 10 heteroatoms. The average Bonchev–Trinajstić information content (AvgIpc) is 3.61. The number of likely N-dealkylation sites (tertiary alicyclic amines) is 1. The second kappa shape index (κ2) is 13.1. The zero-order valence-corrected chi connectivity index (χ0v) is 26.9. The summed E-state index contributed by atoms with van der Waals surface area (Å²) >= 11 is 0. The zero-order chi connectivity index (χ0) is 30.4. The molecule has 0 radical (unpaired) electrons. The van der Waals surface area contributed by atoms with Gasteiger partial charge in [0.2, 0.25) is 5.91 Å². The molecule has 6 atom stereocenters. The van der Waals surface area contributed by atoms with Crippen molar-refractivity contribution in [2.24, 2.45) is 23.0 Å². The first-order chi connectivity index (χ1) is 20.6. The highest BCUT2D eigenvalue weighted by atomic mass is 35.5. The fourth-order valence-electron chi connectivity index (χ4n) is 8.28. The normalized spacial score (nSPS) is 28.9. The van der Waals surface area contributed by atoms with E-state index in [1.54, 1.807) is 17.0 Å². The summed E-state index contributed by atoms with van der Waals surface area (Å²) in [6.45, 7) is 7.99. The molecule has 2 amide bonds. The van der Waals surface area contributed by atoms with Gasteiger partial charge in [-0.1, -0.05) is 44.5 Å². The van der Waals surface area contributed by atoms with E-state index in [0.29, 0.717) is 49.8 Å². The van der Waals surface area contributed by atoms with Crippen molar-refractivity contribution >= 4 is 31.3 Å². The lowest BCUT2D eigenvalue weighted by Gasteiger charge is -2.64. The minimum absolute atomic E-state index is 0. The van der Waals surface area contributed by atoms with Crippen LogP contribution in [0.15, 0.2) is 48.5 Å². The second-order valence-corrected chi connectivity index (χ2v) is 13.9. The predicted molar refractivity (Wildman–Crippen MR) is 172 cm³/mol. The van der Waals surface area contributed by atoms with Gasteiger partial charge in [0, 0.05) is 12.1 Å². The summed E-state index contributed by atoms with van der Waals surface area (Å²) in [5.74, 6) is 0.179. The molecule has 2 aromatic rings. The largest absolute Gasteiger partial charge is 0.481 e. The molecule has 5 fully saturated rings. The van der Waals surface area contributed by atoms with Crippen LogP contribution in [0.1, 0.15) is 87.2 Å². The molecule has 238 valence electrons. The molecular weight excluding hydrogens is 580 g/mol. The molecule has 7 rings (SSSR count). The Morgan fingerprint density at radius 1 is 1.11 bits per heavy atom. The minimum Gasteiger partial charge on any atom is -0.404 e. The first-order valence-corrected chi connectivity index (χ1v) is 16.1. The van der Waals surface area contributed by atoms with Gasteiger partial charge >= 0.3 is 7.12 Å². The maximum Gasteiger partial charge on any atom is 0.481 e. The van der Waals surface area contributed by atoms with Crippen LogP contribution in [0.4, 0.5) is 4.39 Å². The second-order valence-electron chi connectivity index (χ2n) is 13.9. The molecule has 3 aliphatic carbocycles. The lowest BCUT2D eigenvalue weighted by molar-refractivity contribution is -0.199. The molecule has 2 heterocycles. The van der Waals surface area contributed by atoms with E-state index in [-0.39, 0.29) is 53.1 Å². The van der Waals surface area contributed by atoms with Gasteiger partial charge in [-0.15, -0.1) is 12.4 Å². The molecule has 44 heavy (non-hydrogen) atoms. The quantitative estimate of drug-likeness (QED) is 0.275. The van der Waals surface area contributed by atoms with Crippen LogP contribution in [0.25, 0.3) is 0 Å². The van der Waals surface area contributed by atoms with E-state index in [2.05, 4.69) is 26.1 Å². The van der Waals surface area contributed by atoms with E-state index in [9.17, 15) is 14.0 Å². The van der Waals surface area contributed by atoms with Crippen molar-refractivity contribution < 1.29 is 23.3 Å². The average molecular weight is 626 g/mol. The fourth-order valence-corrected chi connectivity index (χ4v) is 8.28. The third-order valence-corrected chi connectivity index (χ3v) is 10.9. The van der Waals surface area contributed by atoms with Crippen LogP contribution in [-0.2, 0) is 20.5 Å². The van der Waals surface area contributed by atoms with Crippen LogP contribution in [-0.4, -0.2) is 60.6 Å². The number of carbonyl (C=O) groups is 2. The highest BCUT2D eigenvalue weighted by Gasteiger charge is 2.68. The summed E-state index contributed by atoms with van der Waals surface area (Å²) in [6.07, 6.45) is 6.51. The van der Waals surface area contributed by atoms with Gasteiger partial charge in [-0.2, -0.15) is 0 Å².